The molecule has 0 N–H and O–H groups in total. The second-order valence-electron chi connectivity index (χ2n) is 4.83. The van der Waals surface area contributed by atoms with Gasteiger partial charge in [0.25, 0.3) is 0 Å². The molecular weight excluding hydrogens is 312 g/mol. The maximum atomic E-state index is 12.0. The summed E-state index contributed by atoms with van der Waals surface area (Å²) in [7, 11) is 0. The third-order valence-electron chi connectivity index (χ3n) is 3.16. The van der Waals surface area contributed by atoms with Crippen LogP contribution in [0, 0.1) is 0 Å². The van der Waals surface area contributed by atoms with Gasteiger partial charge in [0.2, 0.25) is 5.78 Å². The predicted octanol–water partition coefficient (Wildman–Crippen LogP) is 3.95. The fourth-order valence-electron chi connectivity index (χ4n) is 2.04. The number of benzene rings is 2. The van der Waals surface area contributed by atoms with Crippen LogP contribution in [0.15, 0.2) is 70.0 Å². The zero-order valence-electron chi connectivity index (χ0n) is 12.2. The molecule has 3 rings (SSSR count). The van der Waals surface area contributed by atoms with Crippen molar-refractivity contribution in [3.05, 3.63) is 66.4 Å². The molecule has 0 fully saturated rings. The lowest BCUT2D eigenvalue weighted by atomic mass is 10.2. The molecule has 3 aromatic rings. The van der Waals surface area contributed by atoms with Crippen molar-refractivity contribution >= 4 is 34.5 Å². The van der Waals surface area contributed by atoms with E-state index in [9.17, 15) is 9.59 Å². The smallest absolute Gasteiger partial charge is 0.316 e. The number of thioether (sulfide) groups is 1. The average Bonchev–Trinajstić information content (AvgIpc) is 3.03. The Morgan fingerprint density at radius 1 is 1.00 bits per heavy atom. The fourth-order valence-corrected chi connectivity index (χ4v) is 2.75. The number of carbonyl (C=O) groups is 2. The molecule has 4 nitrogen and oxygen atoms in total. The molecule has 1 heterocycles. The van der Waals surface area contributed by atoms with Crippen LogP contribution in [0.3, 0.4) is 0 Å². The Balaban J connectivity index is 1.51. The Kier molecular flexibility index (Phi) is 4.78. The average molecular weight is 326 g/mol. The molecule has 0 unspecified atom stereocenters. The summed E-state index contributed by atoms with van der Waals surface area (Å²) in [4.78, 5) is 24.7. The molecule has 0 saturated heterocycles. The van der Waals surface area contributed by atoms with Crippen molar-refractivity contribution in [2.45, 2.75) is 4.90 Å². The van der Waals surface area contributed by atoms with Gasteiger partial charge in [-0.05, 0) is 24.3 Å². The minimum atomic E-state index is -0.427. The van der Waals surface area contributed by atoms with E-state index >= 15 is 0 Å². The number of fused-ring (bicyclic) bond motifs is 1. The van der Waals surface area contributed by atoms with Crippen LogP contribution in [0.5, 0.6) is 0 Å². The van der Waals surface area contributed by atoms with Gasteiger partial charge < -0.3 is 9.15 Å². The Labute approximate surface area is 137 Å². The molecule has 23 heavy (non-hydrogen) atoms. The highest BCUT2D eigenvalue weighted by Gasteiger charge is 2.14. The van der Waals surface area contributed by atoms with E-state index in [1.807, 2.05) is 48.5 Å². The highest BCUT2D eigenvalue weighted by Crippen LogP contribution is 2.19. The van der Waals surface area contributed by atoms with Gasteiger partial charge in [0.05, 0.1) is 5.75 Å². The second-order valence-corrected chi connectivity index (χ2v) is 5.88. The lowest BCUT2D eigenvalue weighted by Gasteiger charge is -2.03. The SMILES string of the molecule is O=C(CSc1ccccc1)OCC(=O)c1cc2ccccc2o1. The molecule has 116 valence electrons. The standard InChI is InChI=1S/C18H14O4S/c19-15(17-10-13-6-4-5-9-16(13)22-17)11-21-18(20)12-23-14-7-2-1-3-8-14/h1-10H,11-12H2. The van der Waals surface area contributed by atoms with Crippen LogP contribution in [0.1, 0.15) is 10.6 Å². The Morgan fingerprint density at radius 3 is 2.52 bits per heavy atom. The molecule has 0 aliphatic rings. The van der Waals surface area contributed by atoms with Crippen molar-refractivity contribution in [3.8, 4) is 0 Å². The molecule has 0 saturated carbocycles. The first-order valence-corrected chi connectivity index (χ1v) is 8.06. The Hall–Kier alpha value is -2.53. The number of ether oxygens (including phenoxy) is 1. The maximum absolute atomic E-state index is 12.0. The lowest BCUT2D eigenvalue weighted by Crippen LogP contribution is -2.15. The monoisotopic (exact) mass is 326 g/mol. The number of esters is 1. The summed E-state index contributed by atoms with van der Waals surface area (Å²) in [6, 6.07) is 18.5. The van der Waals surface area contributed by atoms with Crippen molar-refractivity contribution in [2.75, 3.05) is 12.4 Å². The van der Waals surface area contributed by atoms with Crippen LogP contribution in [-0.2, 0) is 9.53 Å². The van der Waals surface area contributed by atoms with Gasteiger partial charge in [-0.2, -0.15) is 0 Å². The number of hydrogen-bond acceptors (Lipinski definition) is 5. The number of carbonyl (C=O) groups excluding carboxylic acids is 2. The minimum absolute atomic E-state index is 0.164. The normalized spacial score (nSPS) is 10.6. The van der Waals surface area contributed by atoms with E-state index in [1.165, 1.54) is 11.8 Å². The topological polar surface area (TPSA) is 56.5 Å². The summed E-state index contributed by atoms with van der Waals surface area (Å²) >= 11 is 1.37. The van der Waals surface area contributed by atoms with E-state index in [0.29, 0.717) is 5.58 Å². The van der Waals surface area contributed by atoms with E-state index in [1.54, 1.807) is 12.1 Å². The van der Waals surface area contributed by atoms with Crippen LogP contribution >= 0.6 is 11.8 Å². The summed E-state index contributed by atoms with van der Waals surface area (Å²) in [6.45, 7) is -0.312. The summed E-state index contributed by atoms with van der Waals surface area (Å²) in [5.41, 5.74) is 0.641. The van der Waals surface area contributed by atoms with Crippen molar-refractivity contribution in [1.29, 1.82) is 0 Å². The molecule has 0 aliphatic carbocycles. The fraction of sp³-hybridized carbons (Fsp3) is 0.111. The molecule has 0 spiro atoms. The van der Waals surface area contributed by atoms with E-state index in [0.717, 1.165) is 10.3 Å². The summed E-state index contributed by atoms with van der Waals surface area (Å²) in [6.07, 6.45) is 0. The molecule has 0 atom stereocenters. The van der Waals surface area contributed by atoms with Crippen LogP contribution in [0.2, 0.25) is 0 Å². The quantitative estimate of drug-likeness (QED) is 0.390. The van der Waals surface area contributed by atoms with Crippen molar-refractivity contribution < 1.29 is 18.7 Å². The summed E-state index contributed by atoms with van der Waals surface area (Å²) in [5.74, 6) is -0.408. The van der Waals surface area contributed by atoms with Gasteiger partial charge >= 0.3 is 5.97 Å². The minimum Gasteiger partial charge on any atom is -0.457 e. The molecular formula is C18H14O4S. The number of para-hydroxylation sites is 1. The highest BCUT2D eigenvalue weighted by molar-refractivity contribution is 8.00. The molecule has 2 aromatic carbocycles. The molecule has 5 heteroatoms. The molecule has 1 aromatic heterocycles. The van der Waals surface area contributed by atoms with E-state index in [2.05, 4.69) is 0 Å². The number of Topliss-reactive ketones (excluding diaryl/α,β-unsaturated/α-hetero) is 1. The van der Waals surface area contributed by atoms with Crippen LogP contribution in [0.25, 0.3) is 11.0 Å². The van der Waals surface area contributed by atoms with Crippen LogP contribution in [0.4, 0.5) is 0 Å². The second kappa shape index (κ2) is 7.15. The number of ketones is 1. The first kappa shape index (κ1) is 15.4. The van der Waals surface area contributed by atoms with Gasteiger partial charge in [-0.15, -0.1) is 11.8 Å². The largest absolute Gasteiger partial charge is 0.457 e. The van der Waals surface area contributed by atoms with Crippen LogP contribution < -0.4 is 0 Å². The van der Waals surface area contributed by atoms with Crippen molar-refractivity contribution in [2.24, 2.45) is 0 Å². The van der Waals surface area contributed by atoms with Gasteiger partial charge in [0.15, 0.2) is 12.4 Å². The Bertz CT molecular complexity index is 790. The molecule has 0 aliphatic heterocycles. The van der Waals surface area contributed by atoms with Gasteiger partial charge in [0, 0.05) is 10.3 Å². The van der Waals surface area contributed by atoms with Gasteiger partial charge in [-0.3, -0.25) is 9.59 Å². The zero-order chi connectivity index (χ0) is 16.1. The number of furan rings is 1. The third kappa shape index (κ3) is 4.02. The van der Waals surface area contributed by atoms with Gasteiger partial charge in [0.1, 0.15) is 5.58 Å². The van der Waals surface area contributed by atoms with Gasteiger partial charge in [-0.25, -0.2) is 0 Å². The molecule has 0 amide bonds. The first-order chi connectivity index (χ1) is 11.2. The van der Waals surface area contributed by atoms with Crippen molar-refractivity contribution in [1.82, 2.24) is 0 Å². The van der Waals surface area contributed by atoms with E-state index < -0.39 is 5.97 Å². The predicted molar refractivity (Wildman–Crippen MR) is 88.7 cm³/mol. The lowest BCUT2D eigenvalue weighted by molar-refractivity contribution is -0.139. The maximum Gasteiger partial charge on any atom is 0.316 e. The molecule has 0 radical (unpaired) electrons. The molecule has 0 bridgehead atoms. The third-order valence-corrected chi connectivity index (χ3v) is 4.15. The van der Waals surface area contributed by atoms with Crippen molar-refractivity contribution in [3.63, 3.8) is 0 Å². The van der Waals surface area contributed by atoms with E-state index in [4.69, 9.17) is 9.15 Å². The van der Waals surface area contributed by atoms with Gasteiger partial charge in [-0.1, -0.05) is 36.4 Å². The highest BCUT2D eigenvalue weighted by atomic mass is 32.2. The zero-order valence-corrected chi connectivity index (χ0v) is 13.0. The number of rotatable bonds is 6. The first-order valence-electron chi connectivity index (χ1n) is 7.07. The summed E-state index contributed by atoms with van der Waals surface area (Å²) in [5, 5.41) is 0.849. The number of hydrogen-bond donors (Lipinski definition) is 0. The van der Waals surface area contributed by atoms with E-state index in [-0.39, 0.29) is 23.9 Å². The summed E-state index contributed by atoms with van der Waals surface area (Å²) < 4.78 is 10.5. The Morgan fingerprint density at radius 2 is 1.74 bits per heavy atom. The van der Waals surface area contributed by atoms with Crippen LogP contribution in [-0.4, -0.2) is 24.1 Å².